The van der Waals surface area contributed by atoms with Crippen LogP contribution >= 0.6 is 12.2 Å². The van der Waals surface area contributed by atoms with Crippen LogP contribution in [-0.4, -0.2) is 28.9 Å². The third kappa shape index (κ3) is 5.99. The summed E-state index contributed by atoms with van der Waals surface area (Å²) in [6, 6.07) is 12.9. The van der Waals surface area contributed by atoms with Gasteiger partial charge in [0.05, 0.1) is 4.92 Å². The molecular weight excluding hydrogens is 380 g/mol. The van der Waals surface area contributed by atoms with Crippen molar-refractivity contribution >= 4 is 52.3 Å². The second kappa shape index (κ2) is 9.38. The number of benzene rings is 2. The molecule has 2 amide bonds. The first-order valence-corrected chi connectivity index (χ1v) is 8.56. The number of anilines is 2. The maximum absolute atomic E-state index is 12.0. The van der Waals surface area contributed by atoms with Gasteiger partial charge in [0.2, 0.25) is 11.8 Å². The number of hydrogen-bond acceptors (Lipinski definition) is 5. The van der Waals surface area contributed by atoms with Crippen LogP contribution in [-0.2, 0) is 9.59 Å². The molecule has 0 radical (unpaired) electrons. The zero-order valence-electron chi connectivity index (χ0n) is 15.2. The van der Waals surface area contributed by atoms with Crippen molar-refractivity contribution in [2.24, 2.45) is 0 Å². The Balaban J connectivity index is 1.92. The van der Waals surface area contributed by atoms with Crippen molar-refractivity contribution in [3.63, 3.8) is 0 Å². The van der Waals surface area contributed by atoms with Gasteiger partial charge in [0, 0.05) is 43.6 Å². The van der Waals surface area contributed by atoms with Gasteiger partial charge in [-0.3, -0.25) is 25.0 Å². The van der Waals surface area contributed by atoms with E-state index in [0.717, 1.165) is 5.69 Å². The highest BCUT2D eigenvalue weighted by atomic mass is 32.1. The number of amides is 2. The lowest BCUT2D eigenvalue weighted by atomic mass is 10.2. The average Bonchev–Trinajstić information content (AvgIpc) is 2.66. The van der Waals surface area contributed by atoms with Crippen molar-refractivity contribution < 1.29 is 14.5 Å². The highest BCUT2D eigenvalue weighted by molar-refractivity contribution is 7.80. The summed E-state index contributed by atoms with van der Waals surface area (Å²) in [5.41, 5.74) is 1.84. The molecule has 0 saturated carbocycles. The van der Waals surface area contributed by atoms with Gasteiger partial charge < -0.3 is 10.2 Å². The van der Waals surface area contributed by atoms with Crippen LogP contribution in [0.4, 0.5) is 17.1 Å². The quantitative estimate of drug-likeness (QED) is 0.347. The lowest BCUT2D eigenvalue weighted by Crippen LogP contribution is -2.32. The average molecular weight is 398 g/mol. The number of nitrogens with one attached hydrogen (secondary N) is 2. The molecule has 9 heteroatoms. The predicted octanol–water partition coefficient (Wildman–Crippen LogP) is 3.10. The van der Waals surface area contributed by atoms with Gasteiger partial charge in [0.15, 0.2) is 5.11 Å². The van der Waals surface area contributed by atoms with E-state index in [4.69, 9.17) is 12.2 Å². The molecule has 0 atom stereocenters. The third-order valence-corrected chi connectivity index (χ3v) is 3.93. The largest absolute Gasteiger partial charge is 0.332 e. The standard InChI is InChI=1S/C19H18N4O4S/c1-13(24)22(2)16-9-7-15(8-10-16)20-19(28)21-18(25)11-6-14-4-3-5-17(12-14)23(26)27/h3-12H,1-2H3,(H2,20,21,25,28)/b11-6+. The number of thiocarbonyl (C=S) groups is 1. The minimum absolute atomic E-state index is 0.0568. The van der Waals surface area contributed by atoms with E-state index in [1.54, 1.807) is 37.4 Å². The van der Waals surface area contributed by atoms with Crippen LogP contribution in [0.1, 0.15) is 12.5 Å². The number of carbonyl (C=O) groups excluding carboxylic acids is 2. The first-order chi connectivity index (χ1) is 13.3. The molecule has 0 heterocycles. The van der Waals surface area contributed by atoms with E-state index in [1.165, 1.54) is 42.2 Å². The molecule has 0 aliphatic rings. The lowest BCUT2D eigenvalue weighted by Gasteiger charge is -2.15. The van der Waals surface area contributed by atoms with E-state index in [0.29, 0.717) is 11.3 Å². The van der Waals surface area contributed by atoms with E-state index in [-0.39, 0.29) is 16.7 Å². The monoisotopic (exact) mass is 398 g/mol. The Kier molecular flexibility index (Phi) is 6.94. The van der Waals surface area contributed by atoms with E-state index in [2.05, 4.69) is 10.6 Å². The Morgan fingerprint density at radius 2 is 1.86 bits per heavy atom. The summed E-state index contributed by atoms with van der Waals surface area (Å²) in [6.07, 6.45) is 2.69. The van der Waals surface area contributed by atoms with Crippen molar-refractivity contribution in [1.29, 1.82) is 0 Å². The minimum atomic E-state index is -0.504. The van der Waals surface area contributed by atoms with Crippen LogP contribution in [0.25, 0.3) is 6.08 Å². The first-order valence-electron chi connectivity index (χ1n) is 8.15. The molecule has 0 fully saturated rings. The van der Waals surface area contributed by atoms with Gasteiger partial charge in [-0.25, -0.2) is 0 Å². The fourth-order valence-electron chi connectivity index (χ4n) is 2.18. The van der Waals surface area contributed by atoms with Gasteiger partial charge >= 0.3 is 0 Å². The number of nitrogens with zero attached hydrogens (tertiary/aromatic N) is 2. The highest BCUT2D eigenvalue weighted by Crippen LogP contribution is 2.17. The van der Waals surface area contributed by atoms with Gasteiger partial charge in [-0.2, -0.15) is 0 Å². The summed E-state index contributed by atoms with van der Waals surface area (Å²) in [5, 5.41) is 16.2. The summed E-state index contributed by atoms with van der Waals surface area (Å²) in [7, 11) is 1.67. The first kappa shape index (κ1) is 20.7. The Bertz CT molecular complexity index is 941. The molecule has 0 aliphatic heterocycles. The van der Waals surface area contributed by atoms with Gasteiger partial charge in [0.1, 0.15) is 0 Å². The van der Waals surface area contributed by atoms with Crippen LogP contribution in [0.2, 0.25) is 0 Å². The van der Waals surface area contributed by atoms with Gasteiger partial charge in [-0.1, -0.05) is 12.1 Å². The maximum Gasteiger partial charge on any atom is 0.270 e. The zero-order chi connectivity index (χ0) is 20.7. The van der Waals surface area contributed by atoms with Gasteiger partial charge in [0.25, 0.3) is 5.69 Å². The summed E-state index contributed by atoms with van der Waals surface area (Å²) in [5.74, 6) is -0.559. The van der Waals surface area contributed by atoms with Crippen molar-refractivity contribution in [3.05, 3.63) is 70.3 Å². The number of rotatable bonds is 5. The van der Waals surface area contributed by atoms with Crippen LogP contribution in [0.3, 0.4) is 0 Å². The van der Waals surface area contributed by atoms with E-state index in [1.807, 2.05) is 0 Å². The third-order valence-electron chi connectivity index (χ3n) is 3.73. The smallest absolute Gasteiger partial charge is 0.270 e. The van der Waals surface area contributed by atoms with Gasteiger partial charge in [-0.05, 0) is 48.1 Å². The summed E-state index contributed by atoms with van der Waals surface area (Å²) < 4.78 is 0. The Hall–Kier alpha value is -3.59. The number of nitro benzene ring substituents is 1. The summed E-state index contributed by atoms with van der Waals surface area (Å²) in [4.78, 5) is 35.1. The number of hydrogen-bond donors (Lipinski definition) is 2. The van der Waals surface area contributed by atoms with Crippen molar-refractivity contribution in [2.45, 2.75) is 6.92 Å². The Morgan fingerprint density at radius 1 is 1.18 bits per heavy atom. The molecule has 8 nitrogen and oxygen atoms in total. The second-order valence-electron chi connectivity index (χ2n) is 5.75. The molecule has 2 N–H and O–H groups in total. The molecule has 0 unspecified atom stereocenters. The molecule has 144 valence electrons. The normalized spacial score (nSPS) is 10.4. The molecular formula is C19H18N4O4S. The van der Waals surface area contributed by atoms with Crippen molar-refractivity contribution in [2.75, 3.05) is 17.3 Å². The number of carbonyl (C=O) groups is 2. The van der Waals surface area contributed by atoms with Crippen LogP contribution in [0.5, 0.6) is 0 Å². The molecule has 2 aromatic rings. The lowest BCUT2D eigenvalue weighted by molar-refractivity contribution is -0.384. The molecule has 28 heavy (non-hydrogen) atoms. The molecule has 0 bridgehead atoms. The fraction of sp³-hybridized carbons (Fsp3) is 0.105. The Morgan fingerprint density at radius 3 is 2.46 bits per heavy atom. The van der Waals surface area contributed by atoms with Crippen LogP contribution in [0, 0.1) is 10.1 Å². The number of nitro groups is 1. The van der Waals surface area contributed by atoms with E-state index >= 15 is 0 Å². The fourth-order valence-corrected chi connectivity index (χ4v) is 2.40. The molecule has 2 aromatic carbocycles. The number of non-ortho nitro benzene ring substituents is 1. The minimum Gasteiger partial charge on any atom is -0.332 e. The van der Waals surface area contributed by atoms with E-state index < -0.39 is 10.8 Å². The highest BCUT2D eigenvalue weighted by Gasteiger charge is 2.07. The summed E-state index contributed by atoms with van der Waals surface area (Å²) >= 11 is 5.09. The topological polar surface area (TPSA) is 105 Å². The van der Waals surface area contributed by atoms with Crippen LogP contribution in [0.15, 0.2) is 54.6 Å². The second-order valence-corrected chi connectivity index (χ2v) is 6.16. The van der Waals surface area contributed by atoms with E-state index in [9.17, 15) is 19.7 Å². The SMILES string of the molecule is CC(=O)N(C)c1ccc(NC(=S)NC(=O)/C=C/c2cccc([N+](=O)[O-])c2)cc1. The summed E-state index contributed by atoms with van der Waals surface area (Å²) in [6.45, 7) is 1.47. The van der Waals surface area contributed by atoms with Crippen LogP contribution < -0.4 is 15.5 Å². The molecule has 0 spiro atoms. The Labute approximate surface area is 167 Å². The molecule has 0 aliphatic carbocycles. The van der Waals surface area contributed by atoms with Crippen molar-refractivity contribution in [3.8, 4) is 0 Å². The van der Waals surface area contributed by atoms with Gasteiger partial charge in [-0.15, -0.1) is 0 Å². The molecule has 0 aromatic heterocycles. The zero-order valence-corrected chi connectivity index (χ0v) is 16.0. The molecule has 2 rings (SSSR count). The predicted molar refractivity (Wildman–Crippen MR) is 112 cm³/mol. The van der Waals surface area contributed by atoms with Crippen molar-refractivity contribution in [1.82, 2.24) is 5.32 Å². The molecule has 0 saturated heterocycles. The maximum atomic E-state index is 12.0.